The van der Waals surface area contributed by atoms with Gasteiger partial charge in [-0.1, -0.05) is 6.07 Å². The Labute approximate surface area is 84.7 Å². The van der Waals surface area contributed by atoms with E-state index in [-0.39, 0.29) is 5.88 Å². The van der Waals surface area contributed by atoms with Gasteiger partial charge in [-0.2, -0.15) is 8.78 Å². The first-order valence-electron chi connectivity index (χ1n) is 4.33. The highest BCUT2D eigenvalue weighted by Gasteiger charge is 2.06. The van der Waals surface area contributed by atoms with Crippen LogP contribution in [0.15, 0.2) is 24.4 Å². The predicted molar refractivity (Wildman–Crippen MR) is 50.9 cm³/mol. The Bertz CT molecular complexity index is 488. The summed E-state index contributed by atoms with van der Waals surface area (Å²) in [5.74, 6) is -0.164. The molecule has 0 bridgehead atoms. The minimum atomic E-state index is -2.87. The molecule has 0 saturated carbocycles. The average Bonchev–Trinajstić information content (AvgIpc) is 2.16. The summed E-state index contributed by atoms with van der Waals surface area (Å²) in [5, 5.41) is 0. The molecule has 1 aromatic heterocycles. The average molecular weight is 210 g/mol. The van der Waals surface area contributed by atoms with Gasteiger partial charge in [-0.05, 0) is 24.6 Å². The molecule has 0 amide bonds. The summed E-state index contributed by atoms with van der Waals surface area (Å²) < 4.78 is 28.0. The summed E-state index contributed by atoms with van der Waals surface area (Å²) in [6.45, 7) is -0.983. The maximum absolute atomic E-state index is 11.9. The second-order valence-electron chi connectivity index (χ2n) is 3.08. The number of alkyl halides is 2. The number of rotatable bonds is 2. The van der Waals surface area contributed by atoms with E-state index in [4.69, 9.17) is 0 Å². The fourth-order valence-corrected chi connectivity index (χ4v) is 1.25. The minimum absolute atomic E-state index is 0.164. The maximum atomic E-state index is 11.9. The number of fused-ring (bicyclic) bond motifs is 1. The largest absolute Gasteiger partial charge is 0.415 e. The lowest BCUT2D eigenvalue weighted by atomic mass is 10.2. The van der Waals surface area contributed by atoms with E-state index in [0.29, 0.717) is 11.0 Å². The first-order chi connectivity index (χ1) is 7.15. The monoisotopic (exact) mass is 210 g/mol. The highest BCUT2D eigenvalue weighted by atomic mass is 19.3. The van der Waals surface area contributed by atoms with Crippen LogP contribution in [0.1, 0.15) is 5.56 Å². The van der Waals surface area contributed by atoms with E-state index in [9.17, 15) is 8.78 Å². The number of aryl methyl sites for hydroxylation is 1. The quantitative estimate of drug-likeness (QED) is 0.763. The van der Waals surface area contributed by atoms with Crippen molar-refractivity contribution in [1.82, 2.24) is 9.97 Å². The number of hydrogen-bond acceptors (Lipinski definition) is 3. The van der Waals surface area contributed by atoms with Crippen molar-refractivity contribution in [1.29, 1.82) is 0 Å². The molecular weight excluding hydrogens is 202 g/mol. The van der Waals surface area contributed by atoms with E-state index < -0.39 is 6.61 Å². The molecule has 5 heteroatoms. The molecule has 0 aliphatic heterocycles. The van der Waals surface area contributed by atoms with Gasteiger partial charge in [0.15, 0.2) is 0 Å². The molecule has 0 aliphatic rings. The lowest BCUT2D eigenvalue weighted by Crippen LogP contribution is -2.04. The summed E-state index contributed by atoms with van der Waals surface area (Å²) in [4.78, 5) is 7.87. The molecular formula is C10H8F2N2O. The van der Waals surface area contributed by atoms with Gasteiger partial charge in [-0.25, -0.2) is 9.97 Å². The first kappa shape index (κ1) is 9.76. The van der Waals surface area contributed by atoms with E-state index in [2.05, 4.69) is 14.7 Å². The zero-order valence-corrected chi connectivity index (χ0v) is 7.95. The van der Waals surface area contributed by atoms with Crippen LogP contribution in [0.25, 0.3) is 11.0 Å². The summed E-state index contributed by atoms with van der Waals surface area (Å²) in [6.07, 6.45) is 1.18. The molecule has 78 valence electrons. The van der Waals surface area contributed by atoms with Crippen LogP contribution < -0.4 is 4.74 Å². The number of benzene rings is 1. The van der Waals surface area contributed by atoms with Gasteiger partial charge in [-0.15, -0.1) is 0 Å². The highest BCUT2D eigenvalue weighted by molar-refractivity contribution is 5.75. The van der Waals surface area contributed by atoms with E-state index in [1.165, 1.54) is 6.20 Å². The Morgan fingerprint density at radius 2 is 2.07 bits per heavy atom. The van der Waals surface area contributed by atoms with Crippen LogP contribution >= 0.6 is 0 Å². The summed E-state index contributed by atoms with van der Waals surface area (Å²) >= 11 is 0. The highest BCUT2D eigenvalue weighted by Crippen LogP contribution is 2.16. The van der Waals surface area contributed by atoms with E-state index >= 15 is 0 Å². The number of nitrogens with zero attached hydrogens (tertiary/aromatic N) is 2. The van der Waals surface area contributed by atoms with Crippen molar-refractivity contribution in [2.75, 3.05) is 0 Å². The smallest absolute Gasteiger partial charge is 0.388 e. The van der Waals surface area contributed by atoms with Gasteiger partial charge in [0.25, 0.3) is 0 Å². The number of ether oxygens (including phenoxy) is 1. The van der Waals surface area contributed by atoms with Crippen LogP contribution in [0.4, 0.5) is 8.78 Å². The molecule has 2 rings (SSSR count). The molecule has 1 heterocycles. The third-order valence-corrected chi connectivity index (χ3v) is 1.89. The lowest BCUT2D eigenvalue weighted by molar-refractivity contribution is -0.0528. The molecule has 0 N–H and O–H groups in total. The molecule has 1 aromatic carbocycles. The van der Waals surface area contributed by atoms with Gasteiger partial charge in [-0.3, -0.25) is 0 Å². The minimum Gasteiger partial charge on any atom is -0.415 e. The van der Waals surface area contributed by atoms with E-state index in [1.807, 2.05) is 13.0 Å². The molecule has 0 atom stereocenters. The van der Waals surface area contributed by atoms with Crippen LogP contribution in [0, 0.1) is 6.92 Å². The Kier molecular flexibility index (Phi) is 2.45. The molecule has 3 nitrogen and oxygen atoms in total. The van der Waals surface area contributed by atoms with Crippen molar-refractivity contribution in [3.63, 3.8) is 0 Å². The van der Waals surface area contributed by atoms with Crippen molar-refractivity contribution < 1.29 is 13.5 Å². The van der Waals surface area contributed by atoms with E-state index in [1.54, 1.807) is 12.1 Å². The SMILES string of the molecule is Cc1ccc2ncc(OC(F)F)nc2c1. The third kappa shape index (κ3) is 2.18. The molecule has 0 fully saturated rings. The Hall–Kier alpha value is -1.78. The second-order valence-corrected chi connectivity index (χ2v) is 3.08. The molecule has 0 unspecified atom stereocenters. The fourth-order valence-electron chi connectivity index (χ4n) is 1.25. The summed E-state index contributed by atoms with van der Waals surface area (Å²) in [6, 6.07) is 5.43. The standard InChI is InChI=1S/C10H8F2N2O/c1-6-2-3-7-8(4-6)14-9(5-13-7)15-10(11)12/h2-5,10H,1H3. The summed E-state index contributed by atoms with van der Waals surface area (Å²) in [7, 11) is 0. The topological polar surface area (TPSA) is 35.0 Å². The van der Waals surface area contributed by atoms with Crippen molar-refractivity contribution in [2.45, 2.75) is 13.5 Å². The number of halogens is 2. The Balaban J connectivity index is 2.45. The maximum Gasteiger partial charge on any atom is 0.388 e. The van der Waals surface area contributed by atoms with Gasteiger partial charge >= 0.3 is 6.61 Å². The molecule has 0 saturated heterocycles. The van der Waals surface area contributed by atoms with Crippen molar-refractivity contribution in [2.24, 2.45) is 0 Å². The predicted octanol–water partition coefficient (Wildman–Crippen LogP) is 2.54. The Morgan fingerprint density at radius 1 is 1.27 bits per heavy atom. The van der Waals surface area contributed by atoms with Crippen LogP contribution in [-0.2, 0) is 0 Å². The fraction of sp³-hybridized carbons (Fsp3) is 0.200. The van der Waals surface area contributed by atoms with Gasteiger partial charge < -0.3 is 4.74 Å². The van der Waals surface area contributed by atoms with Gasteiger partial charge in [0.05, 0.1) is 17.2 Å². The molecule has 0 aliphatic carbocycles. The van der Waals surface area contributed by atoms with Crippen LogP contribution in [0.5, 0.6) is 5.88 Å². The van der Waals surface area contributed by atoms with Gasteiger partial charge in [0, 0.05) is 0 Å². The Morgan fingerprint density at radius 3 is 2.80 bits per heavy atom. The number of hydrogen-bond donors (Lipinski definition) is 0. The van der Waals surface area contributed by atoms with Crippen molar-refractivity contribution in [3.8, 4) is 5.88 Å². The normalized spacial score (nSPS) is 10.9. The van der Waals surface area contributed by atoms with Gasteiger partial charge in [0.2, 0.25) is 5.88 Å². The lowest BCUT2D eigenvalue weighted by Gasteiger charge is -2.04. The van der Waals surface area contributed by atoms with E-state index in [0.717, 1.165) is 5.56 Å². The molecule has 0 spiro atoms. The molecule has 0 radical (unpaired) electrons. The molecule has 15 heavy (non-hydrogen) atoms. The summed E-state index contributed by atoms with van der Waals surface area (Å²) in [5.41, 5.74) is 2.20. The zero-order valence-electron chi connectivity index (χ0n) is 7.95. The molecule has 2 aromatic rings. The number of aromatic nitrogens is 2. The second kappa shape index (κ2) is 3.76. The van der Waals surface area contributed by atoms with Crippen molar-refractivity contribution in [3.05, 3.63) is 30.0 Å². The first-order valence-corrected chi connectivity index (χ1v) is 4.33. The van der Waals surface area contributed by atoms with Gasteiger partial charge in [0.1, 0.15) is 0 Å². The van der Waals surface area contributed by atoms with Crippen LogP contribution in [-0.4, -0.2) is 16.6 Å². The third-order valence-electron chi connectivity index (χ3n) is 1.89. The van der Waals surface area contributed by atoms with Crippen LogP contribution in [0.2, 0.25) is 0 Å². The zero-order chi connectivity index (χ0) is 10.8. The van der Waals surface area contributed by atoms with Crippen LogP contribution in [0.3, 0.4) is 0 Å². The van der Waals surface area contributed by atoms with Crippen molar-refractivity contribution >= 4 is 11.0 Å².